The first-order valence-electron chi connectivity index (χ1n) is 7.95. The highest BCUT2D eigenvalue weighted by molar-refractivity contribution is 5.95. The lowest BCUT2D eigenvalue weighted by molar-refractivity contribution is 0.0223. The second kappa shape index (κ2) is 5.76. The van der Waals surface area contributed by atoms with Crippen molar-refractivity contribution in [2.75, 3.05) is 11.4 Å². The van der Waals surface area contributed by atoms with E-state index in [1.807, 2.05) is 0 Å². The third-order valence-corrected chi connectivity index (χ3v) is 4.57. The zero-order valence-electron chi connectivity index (χ0n) is 13.4. The van der Waals surface area contributed by atoms with Crippen molar-refractivity contribution >= 4 is 17.2 Å². The number of aromatic nitrogens is 2. The number of hydrogen-bond acceptors (Lipinski definition) is 3. The number of fused-ring (bicyclic) bond motifs is 1. The molecule has 1 aliphatic heterocycles. The van der Waals surface area contributed by atoms with Crippen molar-refractivity contribution < 1.29 is 23.1 Å². The Bertz CT molecular complexity index is 1000. The van der Waals surface area contributed by atoms with Gasteiger partial charge in [0.15, 0.2) is 0 Å². The maximum Gasteiger partial charge on any atom is 0.339 e. The van der Waals surface area contributed by atoms with E-state index >= 15 is 0 Å². The summed E-state index contributed by atoms with van der Waals surface area (Å²) in [4.78, 5) is 12.8. The second-order valence-electron chi connectivity index (χ2n) is 6.34. The van der Waals surface area contributed by atoms with Crippen LogP contribution >= 0.6 is 0 Å². The van der Waals surface area contributed by atoms with E-state index in [2.05, 4.69) is 5.10 Å². The van der Waals surface area contributed by atoms with E-state index in [0.29, 0.717) is 16.8 Å². The monoisotopic (exact) mass is 361 g/mol. The molecule has 1 N–H and O–H groups in total. The van der Waals surface area contributed by atoms with E-state index in [0.717, 1.165) is 0 Å². The fourth-order valence-corrected chi connectivity index (χ4v) is 3.41. The molecule has 5 nitrogen and oxygen atoms in total. The number of nitrogens with zero attached hydrogens (tertiary/aromatic N) is 3. The van der Waals surface area contributed by atoms with Gasteiger partial charge in [0.05, 0.1) is 24.3 Å². The molecule has 0 spiro atoms. The number of benzene rings is 1. The van der Waals surface area contributed by atoms with Crippen LogP contribution < -0.4 is 4.90 Å². The standard InChI is InChI=1S/C18H14F3N3O2/c19-12-3-1-2-11(6-12)16-8-18(20,21)10-23(16)13-4-5-24-15(7-13)14(9-22-24)17(25)26/h1-7,9,16H,8,10H2,(H,25,26). The molecule has 1 aliphatic rings. The Morgan fingerprint density at radius 2 is 2.08 bits per heavy atom. The van der Waals surface area contributed by atoms with Crippen LogP contribution in [0.25, 0.3) is 5.52 Å². The number of carbonyl (C=O) groups is 1. The van der Waals surface area contributed by atoms with E-state index in [1.165, 1.54) is 46.1 Å². The smallest absolute Gasteiger partial charge is 0.339 e. The third-order valence-electron chi connectivity index (χ3n) is 4.57. The maximum absolute atomic E-state index is 14.1. The van der Waals surface area contributed by atoms with Crippen molar-refractivity contribution in [1.82, 2.24) is 9.61 Å². The van der Waals surface area contributed by atoms with Crippen LogP contribution in [0.3, 0.4) is 0 Å². The molecule has 1 unspecified atom stereocenters. The van der Waals surface area contributed by atoms with Gasteiger partial charge in [0.1, 0.15) is 11.4 Å². The molecule has 0 aliphatic carbocycles. The molecule has 1 atom stereocenters. The van der Waals surface area contributed by atoms with Crippen molar-refractivity contribution in [1.29, 1.82) is 0 Å². The highest BCUT2D eigenvalue weighted by Gasteiger charge is 2.45. The molecule has 4 rings (SSSR count). The van der Waals surface area contributed by atoms with Gasteiger partial charge >= 0.3 is 5.97 Å². The number of pyridine rings is 1. The van der Waals surface area contributed by atoms with Crippen LogP contribution in [-0.2, 0) is 0 Å². The van der Waals surface area contributed by atoms with Crippen LogP contribution in [-0.4, -0.2) is 33.2 Å². The topological polar surface area (TPSA) is 57.8 Å². The molecule has 8 heteroatoms. The first kappa shape index (κ1) is 16.4. The van der Waals surface area contributed by atoms with E-state index < -0.39 is 36.7 Å². The number of halogens is 3. The molecule has 0 bridgehead atoms. The number of anilines is 1. The number of carboxylic acid groups (broad SMARTS) is 1. The van der Waals surface area contributed by atoms with Gasteiger partial charge in [-0.3, -0.25) is 0 Å². The Morgan fingerprint density at radius 3 is 2.81 bits per heavy atom. The molecule has 3 aromatic rings. The summed E-state index contributed by atoms with van der Waals surface area (Å²) in [6, 6.07) is 8.02. The summed E-state index contributed by atoms with van der Waals surface area (Å²) in [5.74, 6) is -4.57. The average molecular weight is 361 g/mol. The van der Waals surface area contributed by atoms with Gasteiger partial charge < -0.3 is 10.0 Å². The lowest BCUT2D eigenvalue weighted by Gasteiger charge is -2.26. The number of hydrogen-bond donors (Lipinski definition) is 1. The van der Waals surface area contributed by atoms with Crippen LogP contribution in [0.5, 0.6) is 0 Å². The zero-order valence-corrected chi connectivity index (χ0v) is 13.4. The van der Waals surface area contributed by atoms with Crippen LogP contribution in [0.4, 0.5) is 18.9 Å². The molecule has 0 radical (unpaired) electrons. The van der Waals surface area contributed by atoms with Gasteiger partial charge in [0, 0.05) is 18.3 Å². The minimum atomic E-state index is -2.93. The number of aromatic carboxylic acids is 1. The molecule has 3 heterocycles. The summed E-state index contributed by atoms with van der Waals surface area (Å²) >= 11 is 0. The Kier molecular flexibility index (Phi) is 3.64. The van der Waals surface area contributed by atoms with E-state index in [9.17, 15) is 23.1 Å². The van der Waals surface area contributed by atoms with Crippen molar-refractivity contribution in [3.05, 3.63) is 65.7 Å². The van der Waals surface area contributed by atoms with Crippen LogP contribution in [0, 0.1) is 5.82 Å². The Balaban J connectivity index is 1.80. The number of rotatable bonds is 3. The summed E-state index contributed by atoms with van der Waals surface area (Å²) in [6.07, 6.45) is 2.30. The van der Waals surface area contributed by atoms with Crippen LogP contribution in [0.15, 0.2) is 48.8 Å². The molecular weight excluding hydrogens is 347 g/mol. The first-order chi connectivity index (χ1) is 12.3. The van der Waals surface area contributed by atoms with Crippen molar-refractivity contribution in [2.45, 2.75) is 18.4 Å². The molecule has 0 saturated carbocycles. The first-order valence-corrected chi connectivity index (χ1v) is 7.95. The third kappa shape index (κ3) is 2.77. The van der Waals surface area contributed by atoms with E-state index in [-0.39, 0.29) is 5.56 Å². The average Bonchev–Trinajstić information content (AvgIpc) is 3.14. The van der Waals surface area contributed by atoms with Crippen molar-refractivity contribution in [3.63, 3.8) is 0 Å². The lowest BCUT2D eigenvalue weighted by Crippen LogP contribution is -2.26. The fraction of sp³-hybridized carbons (Fsp3) is 0.222. The zero-order chi connectivity index (χ0) is 18.5. The fourth-order valence-electron chi connectivity index (χ4n) is 3.41. The summed E-state index contributed by atoms with van der Waals surface area (Å²) in [7, 11) is 0. The minimum Gasteiger partial charge on any atom is -0.478 e. The molecule has 1 fully saturated rings. The van der Waals surface area contributed by atoms with Crippen molar-refractivity contribution in [2.24, 2.45) is 0 Å². The molecule has 0 amide bonds. The summed E-state index contributed by atoms with van der Waals surface area (Å²) < 4.78 is 43.2. The summed E-state index contributed by atoms with van der Waals surface area (Å²) in [5, 5.41) is 13.2. The molecule has 1 saturated heterocycles. The van der Waals surface area contributed by atoms with Gasteiger partial charge in [-0.2, -0.15) is 5.10 Å². The predicted molar refractivity (Wildman–Crippen MR) is 88.2 cm³/mol. The normalized spacial score (nSPS) is 19.2. The van der Waals surface area contributed by atoms with Crippen LogP contribution in [0.1, 0.15) is 28.4 Å². The maximum atomic E-state index is 14.1. The van der Waals surface area contributed by atoms with E-state index in [4.69, 9.17) is 0 Å². The number of alkyl halides is 2. The van der Waals surface area contributed by atoms with Gasteiger partial charge in [-0.1, -0.05) is 12.1 Å². The van der Waals surface area contributed by atoms with Crippen LogP contribution in [0.2, 0.25) is 0 Å². The second-order valence-corrected chi connectivity index (χ2v) is 6.34. The van der Waals surface area contributed by atoms with E-state index in [1.54, 1.807) is 12.1 Å². The molecule has 1 aromatic carbocycles. The van der Waals surface area contributed by atoms with Gasteiger partial charge in [0.25, 0.3) is 5.92 Å². The van der Waals surface area contributed by atoms with Gasteiger partial charge in [0.2, 0.25) is 0 Å². The Hall–Kier alpha value is -3.03. The molecular formula is C18H14F3N3O2. The largest absolute Gasteiger partial charge is 0.478 e. The lowest BCUT2D eigenvalue weighted by atomic mass is 10.0. The quantitative estimate of drug-likeness (QED) is 0.772. The summed E-state index contributed by atoms with van der Waals surface area (Å²) in [6.45, 7) is -0.527. The SMILES string of the molecule is O=C(O)c1cnn2ccc(N3CC(F)(F)CC3c3cccc(F)c3)cc12. The molecule has 26 heavy (non-hydrogen) atoms. The Morgan fingerprint density at radius 1 is 1.27 bits per heavy atom. The minimum absolute atomic E-state index is 0.0138. The van der Waals surface area contributed by atoms with Gasteiger partial charge in [-0.05, 0) is 29.8 Å². The molecule has 134 valence electrons. The highest BCUT2D eigenvalue weighted by Crippen LogP contribution is 2.43. The molecule has 2 aromatic heterocycles. The van der Waals surface area contributed by atoms with Gasteiger partial charge in [-0.25, -0.2) is 22.5 Å². The summed E-state index contributed by atoms with van der Waals surface area (Å²) in [5.41, 5.74) is 1.18. The van der Waals surface area contributed by atoms with Gasteiger partial charge in [-0.15, -0.1) is 0 Å². The predicted octanol–water partition coefficient (Wildman–Crippen LogP) is 3.76. The number of carboxylic acids is 1. The van der Waals surface area contributed by atoms with Crippen molar-refractivity contribution in [3.8, 4) is 0 Å². The Labute approximate surface area is 146 Å². The highest BCUT2D eigenvalue weighted by atomic mass is 19.3.